The van der Waals surface area contributed by atoms with Crippen molar-refractivity contribution in [1.29, 1.82) is 0 Å². The van der Waals surface area contributed by atoms with Crippen LogP contribution in [0, 0.1) is 0 Å². The Morgan fingerprint density at radius 3 is 2.72 bits per heavy atom. The van der Waals surface area contributed by atoms with E-state index in [0.29, 0.717) is 12.6 Å². The summed E-state index contributed by atoms with van der Waals surface area (Å²) in [5.74, 6) is 0.876. The summed E-state index contributed by atoms with van der Waals surface area (Å²) >= 11 is 0. The van der Waals surface area contributed by atoms with Gasteiger partial charge in [-0.3, -0.25) is 0 Å². The zero-order chi connectivity index (χ0) is 13.4. The quantitative estimate of drug-likeness (QED) is 0.770. The van der Waals surface area contributed by atoms with Crippen LogP contribution in [0.15, 0.2) is 24.3 Å². The fraction of sp³-hybridized carbons (Fsp3) is 0.600. The molecule has 1 rings (SSSR count). The van der Waals surface area contributed by atoms with Crippen molar-refractivity contribution >= 4 is 0 Å². The molecule has 0 amide bonds. The predicted octanol–water partition coefficient (Wildman–Crippen LogP) is 2.99. The number of rotatable bonds is 8. The number of hydrogen-bond acceptors (Lipinski definition) is 3. The lowest BCUT2D eigenvalue weighted by Crippen LogP contribution is -2.33. The molecule has 0 aromatic heterocycles. The van der Waals surface area contributed by atoms with Gasteiger partial charge in [0.2, 0.25) is 0 Å². The Hall–Kier alpha value is -1.06. The number of ether oxygens (including phenoxy) is 2. The molecule has 0 bridgehead atoms. The van der Waals surface area contributed by atoms with Gasteiger partial charge in [0.05, 0.1) is 19.8 Å². The van der Waals surface area contributed by atoms with Crippen LogP contribution in [0.4, 0.5) is 0 Å². The molecule has 0 aliphatic carbocycles. The first kappa shape index (κ1) is 15.0. The molecule has 0 radical (unpaired) electrons. The number of hydrogen-bond donors (Lipinski definition) is 1. The highest BCUT2D eigenvalue weighted by Crippen LogP contribution is 2.13. The lowest BCUT2D eigenvalue weighted by molar-refractivity contribution is 0.0515. The Labute approximate surface area is 110 Å². The average Bonchev–Trinajstić information content (AvgIpc) is 2.42. The van der Waals surface area contributed by atoms with E-state index in [1.807, 2.05) is 18.2 Å². The Morgan fingerprint density at radius 2 is 2.06 bits per heavy atom. The van der Waals surface area contributed by atoms with Gasteiger partial charge in [0.25, 0.3) is 0 Å². The van der Waals surface area contributed by atoms with Crippen molar-refractivity contribution in [2.45, 2.75) is 45.9 Å². The second-order valence-electron chi connectivity index (χ2n) is 4.69. The zero-order valence-corrected chi connectivity index (χ0v) is 11.9. The van der Waals surface area contributed by atoms with E-state index in [4.69, 9.17) is 9.47 Å². The van der Waals surface area contributed by atoms with Crippen LogP contribution in [-0.2, 0) is 11.3 Å². The third kappa shape index (κ3) is 5.52. The minimum absolute atomic E-state index is 0.213. The summed E-state index contributed by atoms with van der Waals surface area (Å²) in [4.78, 5) is 0. The molecule has 1 aromatic carbocycles. The minimum Gasteiger partial charge on any atom is -0.497 e. The van der Waals surface area contributed by atoms with Crippen LogP contribution >= 0.6 is 0 Å². The molecule has 1 N–H and O–H groups in total. The third-order valence-electron chi connectivity index (χ3n) is 3.03. The van der Waals surface area contributed by atoms with E-state index < -0.39 is 0 Å². The lowest BCUT2D eigenvalue weighted by atomic mass is 10.2. The molecule has 0 aliphatic rings. The van der Waals surface area contributed by atoms with E-state index in [2.05, 4.69) is 32.2 Å². The van der Waals surface area contributed by atoms with E-state index in [-0.39, 0.29) is 6.10 Å². The molecule has 2 unspecified atom stereocenters. The normalized spacial score (nSPS) is 14.2. The van der Waals surface area contributed by atoms with Gasteiger partial charge in [0.1, 0.15) is 5.75 Å². The molecule has 0 fully saturated rings. The summed E-state index contributed by atoms with van der Waals surface area (Å²) in [6.07, 6.45) is 1.35. The van der Waals surface area contributed by atoms with Crippen LogP contribution in [0.2, 0.25) is 0 Å². The van der Waals surface area contributed by atoms with Crippen molar-refractivity contribution < 1.29 is 9.47 Å². The largest absolute Gasteiger partial charge is 0.497 e. The highest BCUT2D eigenvalue weighted by atomic mass is 16.5. The second-order valence-corrected chi connectivity index (χ2v) is 4.69. The smallest absolute Gasteiger partial charge is 0.119 e. The van der Waals surface area contributed by atoms with Crippen LogP contribution in [-0.4, -0.2) is 25.8 Å². The van der Waals surface area contributed by atoms with Crippen LogP contribution in [0.1, 0.15) is 32.8 Å². The molecule has 3 nitrogen and oxygen atoms in total. The van der Waals surface area contributed by atoms with Crippen molar-refractivity contribution in [3.05, 3.63) is 29.8 Å². The van der Waals surface area contributed by atoms with E-state index in [1.165, 1.54) is 0 Å². The molecule has 2 atom stereocenters. The topological polar surface area (TPSA) is 30.5 Å². The summed E-state index contributed by atoms with van der Waals surface area (Å²) in [6.45, 7) is 7.98. The average molecular weight is 251 g/mol. The Kier molecular flexibility index (Phi) is 6.76. The molecule has 0 saturated carbocycles. The van der Waals surface area contributed by atoms with Crippen molar-refractivity contribution in [3.63, 3.8) is 0 Å². The van der Waals surface area contributed by atoms with Crippen LogP contribution in [0.5, 0.6) is 5.75 Å². The first-order valence-electron chi connectivity index (χ1n) is 6.63. The predicted molar refractivity (Wildman–Crippen MR) is 75.0 cm³/mol. The van der Waals surface area contributed by atoms with E-state index >= 15 is 0 Å². The molecule has 102 valence electrons. The maximum absolute atomic E-state index is 5.80. The van der Waals surface area contributed by atoms with Crippen molar-refractivity contribution in [2.24, 2.45) is 0 Å². The standard InChI is InChI=1S/C15H25NO2/c1-5-12(2)16-10-13(3)18-11-14-7-6-8-15(9-14)17-4/h6-9,12-13,16H,5,10-11H2,1-4H3. The van der Waals surface area contributed by atoms with Crippen molar-refractivity contribution in [2.75, 3.05) is 13.7 Å². The monoisotopic (exact) mass is 251 g/mol. The molecule has 0 spiro atoms. The van der Waals surface area contributed by atoms with Gasteiger partial charge < -0.3 is 14.8 Å². The molecule has 0 aliphatic heterocycles. The highest BCUT2D eigenvalue weighted by molar-refractivity contribution is 5.27. The van der Waals surface area contributed by atoms with Gasteiger partial charge in [-0.2, -0.15) is 0 Å². The lowest BCUT2D eigenvalue weighted by Gasteiger charge is -2.17. The molecule has 3 heteroatoms. The Balaban J connectivity index is 2.30. The Morgan fingerprint density at radius 1 is 1.28 bits per heavy atom. The molecule has 0 saturated heterocycles. The fourth-order valence-electron chi connectivity index (χ4n) is 1.57. The molecule has 18 heavy (non-hydrogen) atoms. The number of methoxy groups -OCH3 is 1. The fourth-order valence-corrected chi connectivity index (χ4v) is 1.57. The van der Waals surface area contributed by atoms with Gasteiger partial charge in [0, 0.05) is 12.6 Å². The summed E-state index contributed by atoms with van der Waals surface area (Å²) in [5, 5.41) is 3.44. The summed E-state index contributed by atoms with van der Waals surface area (Å²) in [6, 6.07) is 8.54. The van der Waals surface area contributed by atoms with Crippen LogP contribution in [0.25, 0.3) is 0 Å². The maximum atomic E-state index is 5.80. The summed E-state index contributed by atoms with van der Waals surface area (Å²) in [7, 11) is 1.68. The van der Waals surface area contributed by atoms with Crippen molar-refractivity contribution in [1.82, 2.24) is 5.32 Å². The number of nitrogens with one attached hydrogen (secondary N) is 1. The second kappa shape index (κ2) is 8.11. The number of benzene rings is 1. The van der Waals surface area contributed by atoms with Gasteiger partial charge >= 0.3 is 0 Å². The van der Waals surface area contributed by atoms with Gasteiger partial charge in [-0.25, -0.2) is 0 Å². The summed E-state index contributed by atoms with van der Waals surface area (Å²) < 4.78 is 11.0. The summed E-state index contributed by atoms with van der Waals surface area (Å²) in [5.41, 5.74) is 1.14. The first-order chi connectivity index (χ1) is 8.65. The Bertz CT molecular complexity index is 341. The molecule has 0 heterocycles. The highest BCUT2D eigenvalue weighted by Gasteiger charge is 2.05. The van der Waals surface area contributed by atoms with Crippen LogP contribution < -0.4 is 10.1 Å². The van der Waals surface area contributed by atoms with Gasteiger partial charge in [-0.05, 0) is 38.0 Å². The first-order valence-corrected chi connectivity index (χ1v) is 6.63. The SMILES string of the molecule is CCC(C)NCC(C)OCc1cccc(OC)c1. The van der Waals surface area contributed by atoms with E-state index in [0.717, 1.165) is 24.3 Å². The van der Waals surface area contributed by atoms with Crippen molar-refractivity contribution in [3.8, 4) is 5.75 Å². The molecule has 1 aromatic rings. The van der Waals surface area contributed by atoms with E-state index in [1.54, 1.807) is 7.11 Å². The van der Waals surface area contributed by atoms with Gasteiger partial charge in [-0.15, -0.1) is 0 Å². The third-order valence-corrected chi connectivity index (χ3v) is 3.03. The van der Waals surface area contributed by atoms with Gasteiger partial charge in [0.15, 0.2) is 0 Å². The van der Waals surface area contributed by atoms with E-state index in [9.17, 15) is 0 Å². The molecular weight excluding hydrogens is 226 g/mol. The zero-order valence-electron chi connectivity index (χ0n) is 11.9. The van der Waals surface area contributed by atoms with Gasteiger partial charge in [-0.1, -0.05) is 19.1 Å². The minimum atomic E-state index is 0.213. The molecular formula is C15H25NO2. The van der Waals surface area contributed by atoms with Crippen LogP contribution in [0.3, 0.4) is 0 Å². The maximum Gasteiger partial charge on any atom is 0.119 e.